The van der Waals surface area contributed by atoms with E-state index in [2.05, 4.69) is 116 Å². The molecular weight excluding hydrogens is 450 g/mol. The number of amides is 1. The number of thioether (sulfide) groups is 1. The van der Waals surface area contributed by atoms with Gasteiger partial charge in [-0.1, -0.05) is 66.7 Å². The lowest BCUT2D eigenvalue weighted by Gasteiger charge is -2.15. The molecule has 35 heavy (non-hydrogen) atoms. The predicted octanol–water partition coefficient (Wildman–Crippen LogP) is 6.66. The number of carbonyl (C=O) groups excluding carboxylic acids is 1. The monoisotopic (exact) mass is 479 g/mol. The van der Waals surface area contributed by atoms with Gasteiger partial charge in [-0.25, -0.2) is 5.43 Å². The Hall–Kier alpha value is -3.57. The summed E-state index contributed by atoms with van der Waals surface area (Å²) in [6, 6.07) is 25.4. The maximum Gasteiger partial charge on any atom is 0.250 e. The highest BCUT2D eigenvalue weighted by Gasteiger charge is 2.28. The minimum Gasteiger partial charge on any atom is -0.317 e. The molecule has 4 aromatic rings. The molecule has 0 saturated carbocycles. The smallest absolute Gasteiger partial charge is 0.250 e. The van der Waals surface area contributed by atoms with E-state index in [0.29, 0.717) is 5.75 Å². The molecule has 0 fully saturated rings. The van der Waals surface area contributed by atoms with Gasteiger partial charge in [0.25, 0.3) is 0 Å². The van der Waals surface area contributed by atoms with Crippen LogP contribution in [0.15, 0.2) is 77.9 Å². The number of hydrogen-bond acceptors (Lipinski definition) is 3. The van der Waals surface area contributed by atoms with Crippen LogP contribution in [0.2, 0.25) is 0 Å². The molecule has 0 spiro atoms. The number of nitrogens with zero attached hydrogens (tertiary/aromatic N) is 2. The second-order valence-electron chi connectivity index (χ2n) is 9.06. The Kier molecular flexibility index (Phi) is 6.35. The summed E-state index contributed by atoms with van der Waals surface area (Å²) in [5, 5.41) is 4.44. The zero-order valence-electron chi connectivity index (χ0n) is 20.5. The lowest BCUT2D eigenvalue weighted by molar-refractivity contribution is -0.118. The van der Waals surface area contributed by atoms with Crippen molar-refractivity contribution in [2.75, 3.05) is 5.75 Å². The van der Waals surface area contributed by atoms with Crippen molar-refractivity contribution < 1.29 is 4.79 Å². The van der Waals surface area contributed by atoms with Crippen molar-refractivity contribution in [3.8, 4) is 16.8 Å². The van der Waals surface area contributed by atoms with E-state index in [1.165, 1.54) is 39.1 Å². The Bertz CT molecular complexity index is 1380. The molecule has 1 aliphatic carbocycles. The maximum absolute atomic E-state index is 12.6. The Labute approximate surface area is 211 Å². The van der Waals surface area contributed by atoms with Gasteiger partial charge in [0, 0.05) is 17.0 Å². The summed E-state index contributed by atoms with van der Waals surface area (Å²) in [5.41, 5.74) is 14.7. The summed E-state index contributed by atoms with van der Waals surface area (Å²) in [5.74, 6) is 0.239. The molecule has 1 amide bonds. The Morgan fingerprint density at radius 1 is 0.914 bits per heavy atom. The Balaban J connectivity index is 1.27. The molecule has 1 aliphatic rings. The lowest BCUT2D eigenvalue weighted by Crippen LogP contribution is -2.20. The molecule has 0 saturated heterocycles. The van der Waals surface area contributed by atoms with E-state index in [0.717, 1.165) is 17.0 Å². The van der Waals surface area contributed by atoms with Gasteiger partial charge < -0.3 is 4.57 Å². The van der Waals surface area contributed by atoms with E-state index in [-0.39, 0.29) is 11.2 Å². The summed E-state index contributed by atoms with van der Waals surface area (Å²) in [6.45, 7) is 8.46. The molecular formula is C30H29N3OS. The minimum atomic E-state index is -0.100. The quantitative estimate of drug-likeness (QED) is 0.248. The van der Waals surface area contributed by atoms with Gasteiger partial charge in [-0.3, -0.25) is 4.79 Å². The average Bonchev–Trinajstić information content (AvgIpc) is 3.32. The summed E-state index contributed by atoms with van der Waals surface area (Å²) in [6.07, 6.45) is 1.75. The highest BCUT2D eigenvalue weighted by molar-refractivity contribution is 8.00. The standard InChI is InChI=1S/C30H29N3OS/c1-19-10-9-11-20(2)29(19)33-21(3)16-23(22(33)4)17-31-32-28(34)18-35-30-26-14-7-5-12-24(26)25-13-6-8-15-27(25)30/h5-17,30H,18H2,1-4H3,(H,32,34)/b31-17+. The molecule has 4 nitrogen and oxygen atoms in total. The van der Waals surface area contributed by atoms with E-state index >= 15 is 0 Å². The van der Waals surface area contributed by atoms with E-state index < -0.39 is 0 Å². The zero-order valence-corrected chi connectivity index (χ0v) is 21.3. The number of fused-ring (bicyclic) bond motifs is 3. The molecule has 0 unspecified atom stereocenters. The fourth-order valence-electron chi connectivity index (χ4n) is 5.07. The first-order valence-corrected chi connectivity index (χ1v) is 12.9. The molecule has 5 rings (SSSR count). The number of para-hydroxylation sites is 1. The average molecular weight is 480 g/mol. The highest BCUT2D eigenvalue weighted by Crippen LogP contribution is 2.49. The van der Waals surface area contributed by atoms with E-state index in [4.69, 9.17) is 0 Å². The maximum atomic E-state index is 12.6. The third-order valence-corrected chi connectivity index (χ3v) is 7.95. The van der Waals surface area contributed by atoms with Crippen molar-refractivity contribution in [2.45, 2.75) is 32.9 Å². The molecule has 3 aromatic carbocycles. The zero-order chi connectivity index (χ0) is 24.5. The summed E-state index contributed by atoms with van der Waals surface area (Å²) in [4.78, 5) is 12.6. The van der Waals surface area contributed by atoms with Crippen LogP contribution in [0, 0.1) is 27.7 Å². The fraction of sp³-hybridized carbons (Fsp3) is 0.200. The molecule has 0 atom stereocenters. The van der Waals surface area contributed by atoms with Crippen molar-refractivity contribution in [1.29, 1.82) is 0 Å². The van der Waals surface area contributed by atoms with Gasteiger partial charge in [0.2, 0.25) is 5.91 Å². The molecule has 1 N–H and O–H groups in total. The second kappa shape index (κ2) is 9.59. The van der Waals surface area contributed by atoms with Crippen LogP contribution in [0.25, 0.3) is 16.8 Å². The SMILES string of the molecule is Cc1cccc(C)c1-n1c(C)cc(/C=N/NC(=O)CSC2c3ccccc3-c3ccccc32)c1C. The third kappa shape index (κ3) is 4.32. The van der Waals surface area contributed by atoms with Gasteiger partial charge in [0.1, 0.15) is 0 Å². The molecule has 1 heterocycles. The Morgan fingerprint density at radius 3 is 2.14 bits per heavy atom. The van der Waals surface area contributed by atoms with Gasteiger partial charge in [-0.05, 0) is 67.1 Å². The lowest BCUT2D eigenvalue weighted by atomic mass is 10.1. The summed E-state index contributed by atoms with van der Waals surface area (Å²) < 4.78 is 2.26. The van der Waals surface area contributed by atoms with Gasteiger partial charge in [0.05, 0.1) is 22.9 Å². The van der Waals surface area contributed by atoms with Gasteiger partial charge in [0.15, 0.2) is 0 Å². The predicted molar refractivity (Wildman–Crippen MR) is 147 cm³/mol. The number of hydrogen-bond donors (Lipinski definition) is 1. The highest BCUT2D eigenvalue weighted by atomic mass is 32.2. The Morgan fingerprint density at radius 2 is 1.51 bits per heavy atom. The number of aromatic nitrogens is 1. The molecule has 5 heteroatoms. The van der Waals surface area contributed by atoms with Crippen molar-refractivity contribution >= 4 is 23.9 Å². The summed E-state index contributed by atoms with van der Waals surface area (Å²) >= 11 is 1.64. The van der Waals surface area contributed by atoms with Crippen molar-refractivity contribution in [3.05, 3.63) is 112 Å². The number of carbonyl (C=O) groups is 1. The van der Waals surface area contributed by atoms with E-state index in [1.54, 1.807) is 18.0 Å². The normalized spacial score (nSPS) is 12.7. The van der Waals surface area contributed by atoms with Crippen LogP contribution >= 0.6 is 11.8 Å². The number of rotatable bonds is 6. The topological polar surface area (TPSA) is 46.4 Å². The number of benzene rings is 3. The second-order valence-corrected chi connectivity index (χ2v) is 10.2. The van der Waals surface area contributed by atoms with Gasteiger partial charge in [-0.15, -0.1) is 11.8 Å². The van der Waals surface area contributed by atoms with Crippen molar-refractivity contribution in [2.24, 2.45) is 5.10 Å². The third-order valence-electron chi connectivity index (χ3n) is 6.68. The number of aryl methyl sites for hydroxylation is 3. The molecule has 1 aromatic heterocycles. The number of nitrogens with one attached hydrogen (secondary N) is 1. The van der Waals surface area contributed by atoms with Crippen LogP contribution in [-0.4, -0.2) is 22.4 Å². The van der Waals surface area contributed by atoms with Gasteiger partial charge >= 0.3 is 0 Å². The molecule has 0 radical (unpaired) electrons. The first-order chi connectivity index (χ1) is 17.0. The van der Waals surface area contributed by atoms with Crippen LogP contribution in [0.4, 0.5) is 0 Å². The van der Waals surface area contributed by atoms with E-state index in [1.807, 2.05) is 0 Å². The molecule has 0 aliphatic heterocycles. The number of hydrazone groups is 1. The first-order valence-electron chi connectivity index (χ1n) is 11.8. The van der Waals surface area contributed by atoms with Gasteiger partial charge in [-0.2, -0.15) is 5.10 Å². The van der Waals surface area contributed by atoms with Crippen molar-refractivity contribution in [1.82, 2.24) is 9.99 Å². The largest absolute Gasteiger partial charge is 0.317 e. The fourth-order valence-corrected chi connectivity index (χ4v) is 6.23. The van der Waals surface area contributed by atoms with E-state index in [9.17, 15) is 4.79 Å². The van der Waals surface area contributed by atoms with Crippen LogP contribution in [0.3, 0.4) is 0 Å². The summed E-state index contributed by atoms with van der Waals surface area (Å²) in [7, 11) is 0. The first kappa shape index (κ1) is 23.2. The van der Waals surface area contributed by atoms with Crippen molar-refractivity contribution in [3.63, 3.8) is 0 Å². The molecule has 0 bridgehead atoms. The van der Waals surface area contributed by atoms with Crippen LogP contribution in [0.5, 0.6) is 0 Å². The minimum absolute atomic E-state index is 0.100. The van der Waals surface area contributed by atoms with Crippen LogP contribution in [0.1, 0.15) is 44.5 Å². The molecule has 176 valence electrons. The van der Waals surface area contributed by atoms with Crippen LogP contribution in [-0.2, 0) is 4.79 Å². The van der Waals surface area contributed by atoms with Crippen LogP contribution < -0.4 is 5.43 Å².